The normalized spacial score (nSPS) is 10.1. The van der Waals surface area contributed by atoms with Crippen molar-refractivity contribution in [3.8, 4) is 5.75 Å². The van der Waals surface area contributed by atoms with Crippen molar-refractivity contribution < 1.29 is 9.47 Å². The predicted octanol–water partition coefficient (Wildman–Crippen LogP) is 0.509. The second-order valence-corrected chi connectivity index (χ2v) is 3.63. The third-order valence-electron chi connectivity index (χ3n) is 1.64. The van der Waals surface area contributed by atoms with Crippen molar-refractivity contribution in [3.63, 3.8) is 0 Å². The fourth-order valence-corrected chi connectivity index (χ4v) is 1.84. The average molecular weight is 230 g/mol. The Kier molecular flexibility index (Phi) is 5.16. The standard InChI is InChI=1S/C8H14N4O2S/c1-13-3-4-15-8-6(14-2)7(12-9)10-5-11-8/h5H,3-4,9H2,1-2H3,(H,10,11,12). The second kappa shape index (κ2) is 6.44. The number of nitrogens with zero attached hydrogens (tertiary/aromatic N) is 2. The number of thioether (sulfide) groups is 1. The molecule has 0 aliphatic heterocycles. The summed E-state index contributed by atoms with van der Waals surface area (Å²) in [6, 6.07) is 0. The Hall–Kier alpha value is -1.05. The molecule has 0 amide bonds. The lowest BCUT2D eigenvalue weighted by Crippen LogP contribution is -2.11. The highest BCUT2D eigenvalue weighted by molar-refractivity contribution is 7.99. The van der Waals surface area contributed by atoms with Gasteiger partial charge in [-0.3, -0.25) is 0 Å². The first-order valence-corrected chi connectivity index (χ1v) is 5.29. The van der Waals surface area contributed by atoms with E-state index in [2.05, 4.69) is 15.4 Å². The minimum absolute atomic E-state index is 0.479. The third-order valence-corrected chi connectivity index (χ3v) is 2.57. The molecule has 0 bridgehead atoms. The van der Waals surface area contributed by atoms with E-state index in [0.29, 0.717) is 18.2 Å². The monoisotopic (exact) mass is 230 g/mol. The largest absolute Gasteiger partial charge is 0.490 e. The van der Waals surface area contributed by atoms with Gasteiger partial charge in [-0.05, 0) is 0 Å². The summed E-state index contributed by atoms with van der Waals surface area (Å²) in [5.41, 5.74) is 2.46. The van der Waals surface area contributed by atoms with Crippen LogP contribution in [0.4, 0.5) is 5.82 Å². The van der Waals surface area contributed by atoms with Gasteiger partial charge >= 0.3 is 0 Å². The van der Waals surface area contributed by atoms with Crippen molar-refractivity contribution >= 4 is 17.6 Å². The zero-order valence-corrected chi connectivity index (χ0v) is 9.50. The van der Waals surface area contributed by atoms with Crippen molar-refractivity contribution in [2.24, 2.45) is 5.84 Å². The highest BCUT2D eigenvalue weighted by Gasteiger charge is 2.11. The highest BCUT2D eigenvalue weighted by atomic mass is 32.2. The van der Waals surface area contributed by atoms with Gasteiger partial charge in [-0.15, -0.1) is 11.8 Å². The molecule has 0 aliphatic carbocycles. The topological polar surface area (TPSA) is 82.3 Å². The number of methoxy groups -OCH3 is 2. The van der Waals surface area contributed by atoms with Crippen LogP contribution < -0.4 is 16.0 Å². The molecule has 0 fully saturated rings. The Labute approximate surface area is 92.5 Å². The molecule has 0 unspecified atom stereocenters. The number of nitrogens with two attached hydrogens (primary N) is 1. The second-order valence-electron chi connectivity index (χ2n) is 2.55. The van der Waals surface area contributed by atoms with Crippen molar-refractivity contribution in [1.82, 2.24) is 9.97 Å². The van der Waals surface area contributed by atoms with Crippen molar-refractivity contribution in [2.75, 3.05) is 32.0 Å². The lowest BCUT2D eigenvalue weighted by Gasteiger charge is -2.09. The molecule has 0 radical (unpaired) electrons. The first kappa shape index (κ1) is 12.0. The maximum Gasteiger partial charge on any atom is 0.195 e. The van der Waals surface area contributed by atoms with Gasteiger partial charge in [-0.2, -0.15) is 0 Å². The van der Waals surface area contributed by atoms with E-state index in [4.69, 9.17) is 15.3 Å². The molecular formula is C8H14N4O2S. The predicted molar refractivity (Wildman–Crippen MR) is 59.0 cm³/mol. The van der Waals surface area contributed by atoms with Gasteiger partial charge in [-0.1, -0.05) is 0 Å². The molecule has 0 atom stereocenters. The van der Waals surface area contributed by atoms with Crippen LogP contribution in [-0.2, 0) is 4.74 Å². The summed E-state index contributed by atoms with van der Waals surface area (Å²) in [4.78, 5) is 8.05. The Balaban J connectivity index is 2.76. The van der Waals surface area contributed by atoms with E-state index in [1.165, 1.54) is 18.1 Å². The molecule has 1 aromatic rings. The number of aromatic nitrogens is 2. The Morgan fingerprint density at radius 3 is 2.87 bits per heavy atom. The molecule has 84 valence electrons. The minimum Gasteiger partial charge on any atom is -0.490 e. The molecule has 0 saturated heterocycles. The van der Waals surface area contributed by atoms with Crippen LogP contribution in [0, 0.1) is 0 Å². The van der Waals surface area contributed by atoms with Gasteiger partial charge in [-0.25, -0.2) is 15.8 Å². The molecule has 0 aromatic carbocycles. The highest BCUT2D eigenvalue weighted by Crippen LogP contribution is 2.31. The Bertz CT molecular complexity index is 311. The van der Waals surface area contributed by atoms with E-state index >= 15 is 0 Å². The fourth-order valence-electron chi connectivity index (χ4n) is 0.969. The van der Waals surface area contributed by atoms with Gasteiger partial charge in [0, 0.05) is 12.9 Å². The van der Waals surface area contributed by atoms with Crippen LogP contribution in [0.5, 0.6) is 5.75 Å². The van der Waals surface area contributed by atoms with Crippen LogP contribution in [0.15, 0.2) is 11.4 Å². The summed E-state index contributed by atoms with van der Waals surface area (Å²) in [6.45, 7) is 0.656. The van der Waals surface area contributed by atoms with Crippen molar-refractivity contribution in [3.05, 3.63) is 6.33 Å². The third kappa shape index (κ3) is 3.22. The zero-order chi connectivity index (χ0) is 11.1. The quantitative estimate of drug-likeness (QED) is 0.242. The first-order chi connectivity index (χ1) is 7.33. The lowest BCUT2D eigenvalue weighted by molar-refractivity contribution is 0.218. The summed E-state index contributed by atoms with van der Waals surface area (Å²) < 4.78 is 10.1. The van der Waals surface area contributed by atoms with Gasteiger partial charge in [0.15, 0.2) is 11.6 Å². The van der Waals surface area contributed by atoms with Gasteiger partial charge < -0.3 is 14.9 Å². The van der Waals surface area contributed by atoms with E-state index in [0.717, 1.165) is 10.8 Å². The van der Waals surface area contributed by atoms with Crippen LogP contribution in [0.25, 0.3) is 0 Å². The molecule has 0 saturated carbocycles. The molecule has 1 rings (SSSR count). The number of hydrazine groups is 1. The van der Waals surface area contributed by atoms with Crippen LogP contribution in [0.1, 0.15) is 0 Å². The molecule has 3 N–H and O–H groups in total. The van der Waals surface area contributed by atoms with E-state index < -0.39 is 0 Å². The average Bonchev–Trinajstić information content (AvgIpc) is 2.29. The number of anilines is 1. The number of rotatable bonds is 6. The van der Waals surface area contributed by atoms with Crippen LogP contribution >= 0.6 is 11.8 Å². The maximum absolute atomic E-state index is 5.30. The fraction of sp³-hybridized carbons (Fsp3) is 0.500. The molecule has 15 heavy (non-hydrogen) atoms. The summed E-state index contributed by atoms with van der Waals surface area (Å²) in [6.07, 6.45) is 1.44. The van der Waals surface area contributed by atoms with Crippen molar-refractivity contribution in [1.29, 1.82) is 0 Å². The number of nitrogens with one attached hydrogen (secondary N) is 1. The first-order valence-electron chi connectivity index (χ1n) is 4.30. The molecule has 1 aromatic heterocycles. The zero-order valence-electron chi connectivity index (χ0n) is 8.69. The maximum atomic E-state index is 5.30. The number of ether oxygens (including phenoxy) is 2. The van der Waals surface area contributed by atoms with E-state index in [9.17, 15) is 0 Å². The van der Waals surface area contributed by atoms with Crippen LogP contribution in [0.3, 0.4) is 0 Å². The SMILES string of the molecule is COCCSc1ncnc(NN)c1OC. The Morgan fingerprint density at radius 1 is 1.47 bits per heavy atom. The van der Waals surface area contributed by atoms with E-state index in [-0.39, 0.29) is 0 Å². The molecule has 7 heteroatoms. The molecule has 0 spiro atoms. The summed E-state index contributed by atoms with van der Waals surface area (Å²) in [7, 11) is 3.21. The number of nitrogen functional groups attached to an aromatic ring is 1. The lowest BCUT2D eigenvalue weighted by atomic mass is 10.5. The number of hydrogen-bond acceptors (Lipinski definition) is 7. The molecular weight excluding hydrogens is 216 g/mol. The van der Waals surface area contributed by atoms with Gasteiger partial charge in [0.05, 0.1) is 13.7 Å². The van der Waals surface area contributed by atoms with Gasteiger partial charge in [0.2, 0.25) is 0 Å². The smallest absolute Gasteiger partial charge is 0.195 e. The van der Waals surface area contributed by atoms with E-state index in [1.54, 1.807) is 14.2 Å². The molecule has 0 aliphatic rings. The van der Waals surface area contributed by atoms with Crippen molar-refractivity contribution in [2.45, 2.75) is 5.03 Å². The molecule has 6 nitrogen and oxygen atoms in total. The Morgan fingerprint density at radius 2 is 2.27 bits per heavy atom. The summed E-state index contributed by atoms with van der Waals surface area (Å²) in [5.74, 6) is 7.13. The molecule has 1 heterocycles. The van der Waals surface area contributed by atoms with Gasteiger partial charge in [0.1, 0.15) is 11.4 Å². The minimum atomic E-state index is 0.479. The van der Waals surface area contributed by atoms with Gasteiger partial charge in [0.25, 0.3) is 0 Å². The summed E-state index contributed by atoms with van der Waals surface area (Å²) >= 11 is 1.53. The van der Waals surface area contributed by atoms with E-state index in [1.807, 2.05) is 0 Å². The number of hydrogen-bond donors (Lipinski definition) is 2. The summed E-state index contributed by atoms with van der Waals surface area (Å²) in [5, 5.41) is 0.748. The van der Waals surface area contributed by atoms with Crippen LogP contribution in [0.2, 0.25) is 0 Å². The van der Waals surface area contributed by atoms with Crippen LogP contribution in [-0.4, -0.2) is 36.5 Å².